The first-order chi connectivity index (χ1) is 38.2. The minimum Gasteiger partial charge on any atom is -0.506 e. The number of hydrogen-bond acceptors (Lipinski definition) is 17. The van der Waals surface area contributed by atoms with E-state index in [4.69, 9.17) is 5.11 Å². The fourth-order valence-corrected chi connectivity index (χ4v) is 8.96. The summed E-state index contributed by atoms with van der Waals surface area (Å²) in [7, 11) is -4.74. The molecule has 0 fully saturated rings. The number of fused-ring (bicyclic) bond motifs is 4. The largest absolute Gasteiger partial charge is 0.506 e. The third-order valence-electron chi connectivity index (χ3n) is 12.2. The van der Waals surface area contributed by atoms with Crippen molar-refractivity contribution in [1.82, 2.24) is 57.1 Å². The predicted molar refractivity (Wildman–Crippen MR) is 287 cm³/mol. The number of carbonyl (C=O) groups is 9. The van der Waals surface area contributed by atoms with Crippen LogP contribution in [0, 0.1) is 0 Å². The van der Waals surface area contributed by atoms with Crippen LogP contribution in [0.2, 0.25) is 0 Å². The lowest BCUT2D eigenvalue weighted by molar-refractivity contribution is -0.135. The molecule has 0 unspecified atom stereocenters. The molecular weight excluding hydrogens is 1070 g/mol. The van der Waals surface area contributed by atoms with Crippen molar-refractivity contribution in [3.05, 3.63) is 111 Å². The standard InChI is InChI=1S/C52H65N11O16S/c1-3-14-53-45(70)32-8-5-11-35(41(32)66)48(73)57-18-22-62-23-19-59-50(75)37-13-7-10-34(43(37)68)47(72)55-16-17-56-51(76)38-28-31(80(78,79)61-30-40(64)65)29-39(44(38)69)52(77)60-21-25-63(27-26-62)24-20-58-49(74)36-12-6-9-33(42(36)67)46(71)54-15-4-2/h5-13,28-29,61,66-69H,3-4,14-27,30H2,1-2H3,(H,53,70)(H,54,71)(H,55,72)(H,56,76)(H,57,73)(H,58,74)(H,59,75)(H,60,77)(H,64,65). The normalized spacial score (nSPS) is 14.5. The Hall–Kier alpha value is -8.86. The van der Waals surface area contributed by atoms with Crippen molar-refractivity contribution in [2.45, 2.75) is 31.6 Å². The molecule has 1 heterocycles. The van der Waals surface area contributed by atoms with Gasteiger partial charge in [0.1, 0.15) is 29.5 Å². The van der Waals surface area contributed by atoms with Gasteiger partial charge in [-0.05, 0) is 61.4 Å². The molecule has 0 spiro atoms. The highest BCUT2D eigenvalue weighted by atomic mass is 32.2. The molecule has 1 aliphatic rings. The Bertz CT molecular complexity index is 3080. The summed E-state index contributed by atoms with van der Waals surface area (Å²) in [5.74, 6) is -10.7. The number of hydrogen-bond donors (Lipinski definition) is 14. The van der Waals surface area contributed by atoms with Crippen molar-refractivity contribution in [1.29, 1.82) is 0 Å². The lowest BCUT2D eigenvalue weighted by Crippen LogP contribution is -2.46. The van der Waals surface area contributed by atoms with Crippen molar-refractivity contribution in [3.8, 4) is 23.0 Å². The van der Waals surface area contributed by atoms with Crippen LogP contribution in [0.25, 0.3) is 0 Å². The zero-order valence-electron chi connectivity index (χ0n) is 43.9. The molecule has 1 aliphatic heterocycles. The van der Waals surface area contributed by atoms with Crippen molar-refractivity contribution < 1.29 is 77.1 Å². The molecule has 14 N–H and O–H groups in total. The SMILES string of the molecule is CCCNC(=O)c1cccc(C(=O)NCCN2CCNC(=O)c3cccc(c3O)C(=O)NCCNC(=O)c3cc(S(=O)(=O)NCC(=O)O)cc(c3O)C(=O)NCCN(CCNC(=O)c3cccc(C(=O)NCCC)c3O)CC2)c1O. The average molecular weight is 1130 g/mol. The summed E-state index contributed by atoms with van der Waals surface area (Å²) in [4.78, 5) is 121. The zero-order chi connectivity index (χ0) is 58.5. The first-order valence-electron chi connectivity index (χ1n) is 25.4. The quantitative estimate of drug-likeness (QED) is 0.0583. The molecule has 4 aromatic carbocycles. The van der Waals surface area contributed by atoms with E-state index in [2.05, 4.69) is 42.5 Å². The fourth-order valence-electron chi connectivity index (χ4n) is 7.93. The van der Waals surface area contributed by atoms with Crippen molar-refractivity contribution in [2.24, 2.45) is 0 Å². The number of nitrogens with zero attached hydrogens (tertiary/aromatic N) is 2. The second-order valence-electron chi connectivity index (χ2n) is 17.9. The second kappa shape index (κ2) is 29.8. The zero-order valence-corrected chi connectivity index (χ0v) is 44.7. The molecule has 0 saturated carbocycles. The summed E-state index contributed by atoms with van der Waals surface area (Å²) >= 11 is 0. The van der Waals surface area contributed by atoms with Crippen LogP contribution in [0.1, 0.15) is 110 Å². The average Bonchev–Trinajstić information content (AvgIpc) is 3.50. The third kappa shape index (κ3) is 17.1. The number of phenolic OH excluding ortho intramolecular Hbond substituents is 4. The highest BCUT2D eigenvalue weighted by molar-refractivity contribution is 7.89. The molecule has 28 heteroatoms. The van der Waals surface area contributed by atoms with Gasteiger partial charge in [0.2, 0.25) is 10.0 Å². The van der Waals surface area contributed by atoms with Gasteiger partial charge in [-0.15, -0.1) is 0 Å². The molecule has 5 rings (SSSR count). The van der Waals surface area contributed by atoms with E-state index in [0.717, 1.165) is 6.07 Å². The van der Waals surface area contributed by atoms with Crippen LogP contribution in [0.15, 0.2) is 71.6 Å². The summed E-state index contributed by atoms with van der Waals surface area (Å²) < 4.78 is 28.4. The number of rotatable bonds is 18. The number of carboxylic acids is 1. The first kappa shape index (κ1) is 62.0. The smallest absolute Gasteiger partial charge is 0.318 e. The minimum atomic E-state index is -4.74. The molecule has 8 amide bonds. The molecule has 80 heavy (non-hydrogen) atoms. The van der Waals surface area contributed by atoms with Crippen LogP contribution < -0.4 is 47.3 Å². The Balaban J connectivity index is 1.46. The molecule has 4 bridgehead atoms. The number of aliphatic carboxylic acids is 1. The predicted octanol–water partition coefficient (Wildman–Crippen LogP) is -0.751. The van der Waals surface area contributed by atoms with E-state index >= 15 is 0 Å². The van der Waals surface area contributed by atoms with Crippen LogP contribution in [-0.4, -0.2) is 195 Å². The van der Waals surface area contributed by atoms with Gasteiger partial charge < -0.3 is 68.1 Å². The molecule has 0 radical (unpaired) electrons. The Morgan fingerprint density at radius 3 is 1.20 bits per heavy atom. The Morgan fingerprint density at radius 2 is 0.825 bits per heavy atom. The van der Waals surface area contributed by atoms with Crippen LogP contribution in [0.4, 0.5) is 0 Å². The van der Waals surface area contributed by atoms with Crippen LogP contribution in [-0.2, 0) is 14.8 Å². The molecule has 27 nitrogen and oxygen atoms in total. The summed E-state index contributed by atoms with van der Waals surface area (Å²) in [6.07, 6.45) is 1.25. The van der Waals surface area contributed by atoms with Gasteiger partial charge in [0.05, 0.1) is 49.4 Å². The fraction of sp³-hybridized carbons (Fsp3) is 0.365. The summed E-state index contributed by atoms with van der Waals surface area (Å²) in [6.45, 7) is 2.66. The monoisotopic (exact) mass is 1130 g/mol. The topological polar surface area (TPSA) is 404 Å². The molecule has 4 aromatic rings. The number of aromatic hydroxyl groups is 4. The van der Waals surface area contributed by atoms with Crippen LogP contribution in [0.5, 0.6) is 23.0 Å². The van der Waals surface area contributed by atoms with Gasteiger partial charge in [0, 0.05) is 91.6 Å². The van der Waals surface area contributed by atoms with Crippen molar-refractivity contribution in [3.63, 3.8) is 0 Å². The Labute approximate surface area is 459 Å². The van der Waals surface area contributed by atoms with E-state index < -0.39 is 109 Å². The van der Waals surface area contributed by atoms with E-state index in [1.54, 1.807) is 4.90 Å². The van der Waals surface area contributed by atoms with E-state index in [1.165, 1.54) is 54.6 Å². The number of amides is 8. The number of phenols is 4. The number of carbonyl (C=O) groups excluding carboxylic acids is 8. The Morgan fingerprint density at radius 1 is 0.487 bits per heavy atom. The molecule has 0 aliphatic carbocycles. The maximum atomic E-state index is 13.9. The van der Waals surface area contributed by atoms with Gasteiger partial charge in [-0.3, -0.25) is 53.0 Å². The van der Waals surface area contributed by atoms with Crippen molar-refractivity contribution >= 4 is 63.3 Å². The third-order valence-corrected chi connectivity index (χ3v) is 13.6. The lowest BCUT2D eigenvalue weighted by atomic mass is 10.1. The number of carboxylic acid groups (broad SMARTS) is 1. The maximum Gasteiger partial charge on any atom is 0.318 e. The number of benzene rings is 4. The maximum absolute atomic E-state index is 13.9. The molecule has 430 valence electrons. The minimum absolute atomic E-state index is 0.0176. The van der Waals surface area contributed by atoms with E-state index in [0.29, 0.717) is 32.0 Å². The summed E-state index contributed by atoms with van der Waals surface area (Å²) in [6, 6.07) is 13.6. The number of para-hydroxylation sites is 3. The van der Waals surface area contributed by atoms with Crippen LogP contribution in [0.3, 0.4) is 0 Å². The van der Waals surface area contributed by atoms with Gasteiger partial charge in [-0.25, -0.2) is 8.42 Å². The second-order valence-corrected chi connectivity index (χ2v) is 19.7. The molecule has 0 aromatic heterocycles. The van der Waals surface area contributed by atoms with Gasteiger partial charge in [-0.1, -0.05) is 32.0 Å². The first-order valence-corrected chi connectivity index (χ1v) is 26.9. The highest BCUT2D eigenvalue weighted by Crippen LogP contribution is 2.28. The molecular formula is C52H65N11O16S. The van der Waals surface area contributed by atoms with E-state index in [1.807, 2.05) is 23.5 Å². The number of sulfonamides is 1. The van der Waals surface area contributed by atoms with E-state index in [-0.39, 0.29) is 112 Å². The summed E-state index contributed by atoms with van der Waals surface area (Å²) in [5, 5.41) is 74.3. The molecule has 0 atom stereocenters. The van der Waals surface area contributed by atoms with Gasteiger partial charge in [0.25, 0.3) is 47.3 Å². The Kier molecular flexibility index (Phi) is 23.1. The highest BCUT2D eigenvalue weighted by Gasteiger charge is 2.27. The summed E-state index contributed by atoms with van der Waals surface area (Å²) in [5.41, 5.74) is -2.61. The van der Waals surface area contributed by atoms with Crippen molar-refractivity contribution in [2.75, 3.05) is 98.2 Å². The van der Waals surface area contributed by atoms with Gasteiger partial charge >= 0.3 is 5.97 Å². The van der Waals surface area contributed by atoms with Crippen LogP contribution >= 0.6 is 0 Å². The van der Waals surface area contributed by atoms with E-state index in [9.17, 15) is 72.0 Å². The molecule has 0 saturated heterocycles. The lowest BCUT2D eigenvalue weighted by Gasteiger charge is -2.28. The van der Waals surface area contributed by atoms with Gasteiger partial charge in [0.15, 0.2) is 0 Å². The van der Waals surface area contributed by atoms with Gasteiger partial charge in [-0.2, -0.15) is 4.72 Å². The number of nitrogens with one attached hydrogen (secondary N) is 9.